The van der Waals surface area contributed by atoms with E-state index >= 15 is 0 Å². The Balaban J connectivity index is 3.19. The molecule has 2 N–H and O–H groups in total. The van der Waals surface area contributed by atoms with Gasteiger partial charge in [0.15, 0.2) is 11.9 Å². The third kappa shape index (κ3) is 3.43. The Hall–Kier alpha value is -1.10. The van der Waals surface area contributed by atoms with E-state index in [0.29, 0.717) is 5.56 Å². The van der Waals surface area contributed by atoms with Gasteiger partial charge in [-0.1, -0.05) is 17.7 Å². The van der Waals surface area contributed by atoms with Gasteiger partial charge >= 0.3 is 5.97 Å². The van der Waals surface area contributed by atoms with Crippen molar-refractivity contribution in [2.45, 2.75) is 18.4 Å². The van der Waals surface area contributed by atoms with E-state index in [4.69, 9.17) is 28.3 Å². The highest BCUT2D eigenvalue weighted by atomic mass is 35.5. The van der Waals surface area contributed by atoms with E-state index in [-0.39, 0.29) is 16.4 Å². The third-order valence-corrected chi connectivity index (χ3v) is 2.92. The summed E-state index contributed by atoms with van der Waals surface area (Å²) in [5.74, 6) is -1.68. The molecule has 0 aliphatic rings. The fourth-order valence-electron chi connectivity index (χ4n) is 1.32. The number of hydrogen-bond donors (Lipinski definition) is 2. The Morgan fingerprint density at radius 1 is 1.24 bits per heavy atom. The van der Waals surface area contributed by atoms with Gasteiger partial charge in [-0.2, -0.15) is 0 Å². The molecule has 1 aromatic carbocycles. The molecule has 0 amide bonds. The molecule has 92 valence electrons. The van der Waals surface area contributed by atoms with E-state index < -0.39 is 17.5 Å². The summed E-state index contributed by atoms with van der Waals surface area (Å²) in [6, 6.07) is 4.12. The zero-order valence-electron chi connectivity index (χ0n) is 8.85. The molecule has 0 aliphatic carbocycles. The van der Waals surface area contributed by atoms with Crippen molar-refractivity contribution in [1.29, 1.82) is 0 Å². The van der Waals surface area contributed by atoms with Crippen molar-refractivity contribution in [3.63, 3.8) is 0 Å². The zero-order chi connectivity index (χ0) is 13.2. The number of rotatable bonds is 4. The van der Waals surface area contributed by atoms with Crippen molar-refractivity contribution in [1.82, 2.24) is 0 Å². The van der Waals surface area contributed by atoms with Crippen LogP contribution in [0.2, 0.25) is 5.02 Å². The summed E-state index contributed by atoms with van der Waals surface area (Å²) in [4.78, 5) is 21.7. The number of aliphatic hydroxyl groups excluding tert-OH is 1. The summed E-state index contributed by atoms with van der Waals surface area (Å²) in [5.41, 5.74) is 0.453. The van der Waals surface area contributed by atoms with Crippen molar-refractivity contribution in [3.8, 4) is 0 Å². The number of aliphatic carboxylic acids is 1. The number of alkyl halides is 1. The molecule has 0 aliphatic heterocycles. The van der Waals surface area contributed by atoms with Gasteiger partial charge in [0.05, 0.1) is 0 Å². The van der Waals surface area contributed by atoms with E-state index in [2.05, 4.69) is 0 Å². The molecule has 0 fully saturated rings. The van der Waals surface area contributed by atoms with Gasteiger partial charge in [-0.3, -0.25) is 4.79 Å². The summed E-state index contributed by atoms with van der Waals surface area (Å²) in [5, 5.41) is 17.4. The van der Waals surface area contributed by atoms with Gasteiger partial charge in [-0.25, -0.2) is 4.79 Å². The van der Waals surface area contributed by atoms with Crippen LogP contribution in [0.5, 0.6) is 0 Å². The molecule has 0 radical (unpaired) electrons. The monoisotopic (exact) mass is 276 g/mol. The highest BCUT2D eigenvalue weighted by Gasteiger charge is 2.20. The second-order valence-corrected chi connectivity index (χ2v) is 4.40. The lowest BCUT2D eigenvalue weighted by molar-refractivity contribution is -0.146. The molecule has 6 heteroatoms. The molecule has 0 saturated carbocycles. The van der Waals surface area contributed by atoms with Gasteiger partial charge in [0.1, 0.15) is 5.38 Å². The fraction of sp³-hybridized carbons (Fsp3) is 0.273. The van der Waals surface area contributed by atoms with Crippen LogP contribution in [-0.2, 0) is 9.59 Å². The quantitative estimate of drug-likeness (QED) is 0.828. The van der Waals surface area contributed by atoms with Crippen molar-refractivity contribution >= 4 is 35.0 Å². The molecule has 2 unspecified atom stereocenters. The smallest absolute Gasteiger partial charge is 0.337 e. The van der Waals surface area contributed by atoms with Gasteiger partial charge < -0.3 is 10.2 Å². The molecule has 4 nitrogen and oxygen atoms in total. The van der Waals surface area contributed by atoms with Gasteiger partial charge in [0.25, 0.3) is 0 Å². The maximum absolute atomic E-state index is 11.1. The first kappa shape index (κ1) is 14.0. The Bertz CT molecular complexity index is 421. The van der Waals surface area contributed by atoms with Crippen LogP contribution in [0.4, 0.5) is 0 Å². The largest absolute Gasteiger partial charge is 0.479 e. The van der Waals surface area contributed by atoms with Crippen LogP contribution in [-0.4, -0.2) is 22.0 Å². The average molecular weight is 277 g/mol. The molecule has 0 spiro atoms. The molecule has 0 saturated heterocycles. The minimum Gasteiger partial charge on any atom is -0.479 e. The summed E-state index contributed by atoms with van der Waals surface area (Å²) in [7, 11) is 0. The Kier molecular flexibility index (Phi) is 4.51. The van der Waals surface area contributed by atoms with Crippen LogP contribution in [0, 0.1) is 0 Å². The summed E-state index contributed by atoms with van der Waals surface area (Å²) in [6.45, 7) is 1.31. The molecule has 2 atom stereocenters. The maximum atomic E-state index is 11.1. The second kappa shape index (κ2) is 5.49. The van der Waals surface area contributed by atoms with Crippen molar-refractivity contribution in [2.75, 3.05) is 0 Å². The van der Waals surface area contributed by atoms with Crippen LogP contribution in [0.3, 0.4) is 0 Å². The highest BCUT2D eigenvalue weighted by Crippen LogP contribution is 2.28. The minimum absolute atomic E-state index is 0.0897. The first-order valence-electron chi connectivity index (χ1n) is 4.68. The number of benzene rings is 1. The van der Waals surface area contributed by atoms with Gasteiger partial charge in [-0.15, -0.1) is 11.6 Å². The van der Waals surface area contributed by atoms with Gasteiger partial charge in [0.2, 0.25) is 0 Å². The fourth-order valence-corrected chi connectivity index (χ4v) is 1.70. The number of carbonyl (C=O) groups excluding carboxylic acids is 1. The Morgan fingerprint density at radius 3 is 2.24 bits per heavy atom. The number of carboxylic acids is 1. The standard InChI is InChI=1S/C11H10Cl2O4/c1-5(14)9(13)6-2-7(4-8(12)3-6)10(15)11(16)17/h2-4,9-10,15H,1H3,(H,16,17). The van der Waals surface area contributed by atoms with E-state index in [1.54, 1.807) is 0 Å². The van der Waals surface area contributed by atoms with Crippen molar-refractivity contribution < 1.29 is 19.8 Å². The normalized spacial score (nSPS) is 14.1. The lowest BCUT2D eigenvalue weighted by Crippen LogP contribution is -2.11. The number of ketones is 1. The predicted molar refractivity (Wildman–Crippen MR) is 63.3 cm³/mol. The molecular formula is C11H10Cl2O4. The van der Waals surface area contributed by atoms with E-state index in [0.717, 1.165) is 0 Å². The van der Waals surface area contributed by atoms with Crippen LogP contribution in [0.1, 0.15) is 29.5 Å². The summed E-state index contributed by atoms with van der Waals surface area (Å²) < 4.78 is 0. The first-order chi connectivity index (χ1) is 7.82. The number of Topliss-reactive ketones (excluding diaryl/α,β-unsaturated/α-hetero) is 1. The van der Waals surface area contributed by atoms with Crippen molar-refractivity contribution in [3.05, 3.63) is 34.3 Å². The molecular weight excluding hydrogens is 267 g/mol. The van der Waals surface area contributed by atoms with E-state index in [9.17, 15) is 14.7 Å². The van der Waals surface area contributed by atoms with Crippen LogP contribution < -0.4 is 0 Å². The van der Waals surface area contributed by atoms with E-state index in [1.165, 1.54) is 25.1 Å². The SMILES string of the molecule is CC(=O)C(Cl)c1cc(Cl)cc(C(O)C(=O)O)c1. The molecule has 0 aromatic heterocycles. The molecule has 0 heterocycles. The number of hydrogen-bond acceptors (Lipinski definition) is 3. The number of carboxylic acid groups (broad SMARTS) is 1. The summed E-state index contributed by atoms with van der Waals surface area (Å²) in [6.07, 6.45) is -1.69. The predicted octanol–water partition coefficient (Wildman–Crippen LogP) is 2.33. The first-order valence-corrected chi connectivity index (χ1v) is 5.50. The van der Waals surface area contributed by atoms with E-state index in [1.807, 2.05) is 0 Å². The van der Waals surface area contributed by atoms with Gasteiger partial charge in [0, 0.05) is 5.02 Å². The third-order valence-electron chi connectivity index (χ3n) is 2.14. The number of aliphatic hydroxyl groups is 1. The lowest BCUT2D eigenvalue weighted by atomic mass is 10.0. The lowest BCUT2D eigenvalue weighted by Gasteiger charge is -2.11. The Labute approximate surface area is 108 Å². The van der Waals surface area contributed by atoms with Crippen LogP contribution >= 0.6 is 23.2 Å². The molecule has 0 bridgehead atoms. The molecule has 1 rings (SSSR count). The van der Waals surface area contributed by atoms with Crippen LogP contribution in [0.25, 0.3) is 0 Å². The second-order valence-electron chi connectivity index (χ2n) is 3.53. The van der Waals surface area contributed by atoms with Crippen LogP contribution in [0.15, 0.2) is 18.2 Å². The number of carbonyl (C=O) groups is 2. The minimum atomic E-state index is -1.69. The van der Waals surface area contributed by atoms with Crippen molar-refractivity contribution in [2.24, 2.45) is 0 Å². The molecule has 1 aromatic rings. The van der Waals surface area contributed by atoms with Gasteiger partial charge in [-0.05, 0) is 30.2 Å². The average Bonchev–Trinajstić information content (AvgIpc) is 2.25. The number of halogens is 2. The Morgan fingerprint density at radius 2 is 1.76 bits per heavy atom. The summed E-state index contributed by atoms with van der Waals surface area (Å²) >= 11 is 11.6. The maximum Gasteiger partial charge on any atom is 0.337 e. The molecule has 17 heavy (non-hydrogen) atoms. The topological polar surface area (TPSA) is 74.6 Å². The zero-order valence-corrected chi connectivity index (χ0v) is 10.4. The highest BCUT2D eigenvalue weighted by molar-refractivity contribution is 6.32.